The molecule has 142 valence electrons. The molecule has 1 N–H and O–H groups in total. The average Bonchev–Trinajstić information content (AvgIpc) is 3.20. The summed E-state index contributed by atoms with van der Waals surface area (Å²) in [5.41, 5.74) is 4.09. The van der Waals surface area contributed by atoms with E-state index in [9.17, 15) is 0 Å². The van der Waals surface area contributed by atoms with Crippen molar-refractivity contribution in [3.05, 3.63) is 63.5 Å². The Kier molecular flexibility index (Phi) is 6.08. The zero-order valence-electron chi connectivity index (χ0n) is 16.0. The van der Waals surface area contributed by atoms with Crippen LogP contribution in [-0.2, 0) is 13.0 Å². The van der Waals surface area contributed by atoms with Crippen molar-refractivity contribution < 1.29 is 4.52 Å². The van der Waals surface area contributed by atoms with E-state index < -0.39 is 0 Å². The molecule has 3 rings (SSSR count). The van der Waals surface area contributed by atoms with Crippen molar-refractivity contribution in [3.8, 4) is 0 Å². The van der Waals surface area contributed by atoms with E-state index in [2.05, 4.69) is 27.5 Å². The summed E-state index contributed by atoms with van der Waals surface area (Å²) >= 11 is 6.28. The molecule has 0 bridgehead atoms. The summed E-state index contributed by atoms with van der Waals surface area (Å²) < 4.78 is 7.27. The highest BCUT2D eigenvalue weighted by Crippen LogP contribution is 2.21. The molecule has 2 aromatic heterocycles. The molecule has 1 unspecified atom stereocenters. The maximum atomic E-state index is 6.28. The lowest BCUT2D eigenvalue weighted by Gasteiger charge is -2.06. The second kappa shape index (κ2) is 8.50. The predicted molar refractivity (Wildman–Crippen MR) is 108 cm³/mol. The number of aryl methyl sites for hydroxylation is 1. The summed E-state index contributed by atoms with van der Waals surface area (Å²) in [4.78, 5) is 4.41. The third-order valence-corrected chi connectivity index (χ3v) is 4.94. The highest BCUT2D eigenvalue weighted by molar-refractivity contribution is 6.31. The topological polar surface area (TPSA) is 68.8 Å². The van der Waals surface area contributed by atoms with Crippen LogP contribution in [0.3, 0.4) is 0 Å². The molecule has 2 heterocycles. The largest absolute Gasteiger partial charge is 0.335 e. The molecular formula is C20H24ClN5O. The van der Waals surface area contributed by atoms with Gasteiger partial charge in [0.05, 0.1) is 12.2 Å². The van der Waals surface area contributed by atoms with Gasteiger partial charge in [0, 0.05) is 34.8 Å². The Balaban J connectivity index is 1.77. The fraction of sp³-hybridized carbons (Fsp3) is 0.350. The van der Waals surface area contributed by atoms with Crippen molar-refractivity contribution in [1.82, 2.24) is 25.2 Å². The van der Waals surface area contributed by atoms with Crippen LogP contribution in [0.4, 0.5) is 0 Å². The van der Waals surface area contributed by atoms with Crippen molar-refractivity contribution in [1.29, 1.82) is 0 Å². The van der Waals surface area contributed by atoms with Gasteiger partial charge in [-0.1, -0.05) is 35.0 Å². The van der Waals surface area contributed by atoms with E-state index in [1.54, 1.807) is 0 Å². The van der Waals surface area contributed by atoms with Crippen LogP contribution in [0.15, 0.2) is 28.8 Å². The molecule has 0 fully saturated rings. The van der Waals surface area contributed by atoms with Crippen LogP contribution in [0, 0.1) is 13.8 Å². The maximum absolute atomic E-state index is 6.28. The van der Waals surface area contributed by atoms with E-state index in [0.29, 0.717) is 24.3 Å². The first-order valence-electron chi connectivity index (χ1n) is 8.93. The number of hydrogen-bond donors (Lipinski definition) is 1. The van der Waals surface area contributed by atoms with E-state index in [-0.39, 0.29) is 0 Å². The number of nitrogens with zero attached hydrogens (tertiary/aromatic N) is 4. The van der Waals surface area contributed by atoms with Gasteiger partial charge in [-0.05, 0) is 45.5 Å². The normalized spacial score (nSPS) is 12.8. The van der Waals surface area contributed by atoms with E-state index >= 15 is 0 Å². The number of likely N-dealkylation sites (N-methyl/N-ethyl adjacent to an activating group) is 1. The lowest BCUT2D eigenvalue weighted by atomic mass is 10.1. The lowest BCUT2D eigenvalue weighted by molar-refractivity contribution is 0.400. The number of rotatable bonds is 7. The smallest absolute Gasteiger partial charge is 0.250 e. The molecule has 7 heteroatoms. The maximum Gasteiger partial charge on any atom is 0.250 e. The van der Waals surface area contributed by atoms with Gasteiger partial charge in [0.25, 0.3) is 5.89 Å². The van der Waals surface area contributed by atoms with Gasteiger partial charge in [0.2, 0.25) is 0 Å². The van der Waals surface area contributed by atoms with E-state index in [1.807, 2.05) is 62.0 Å². The summed E-state index contributed by atoms with van der Waals surface area (Å²) in [7, 11) is 1.91. The fourth-order valence-electron chi connectivity index (χ4n) is 2.84. The van der Waals surface area contributed by atoms with Gasteiger partial charge in [-0.15, -0.1) is 0 Å². The van der Waals surface area contributed by atoms with Crippen molar-refractivity contribution in [2.75, 3.05) is 7.05 Å². The first-order valence-corrected chi connectivity index (χ1v) is 9.31. The third kappa shape index (κ3) is 4.64. The number of halogens is 1. The van der Waals surface area contributed by atoms with E-state index in [1.165, 1.54) is 0 Å². The number of benzene rings is 1. The molecule has 27 heavy (non-hydrogen) atoms. The Labute approximate surface area is 164 Å². The van der Waals surface area contributed by atoms with Crippen molar-refractivity contribution in [2.45, 2.75) is 39.8 Å². The minimum Gasteiger partial charge on any atom is -0.335 e. The Morgan fingerprint density at radius 1 is 1.26 bits per heavy atom. The van der Waals surface area contributed by atoms with Crippen LogP contribution in [-0.4, -0.2) is 33.0 Å². The van der Waals surface area contributed by atoms with E-state index in [4.69, 9.17) is 16.1 Å². The van der Waals surface area contributed by atoms with E-state index in [0.717, 1.165) is 34.0 Å². The second-order valence-electron chi connectivity index (χ2n) is 6.61. The van der Waals surface area contributed by atoms with Crippen LogP contribution in [0.5, 0.6) is 0 Å². The Bertz CT molecular complexity index is 944. The van der Waals surface area contributed by atoms with Crippen molar-refractivity contribution in [3.63, 3.8) is 0 Å². The fourth-order valence-corrected chi connectivity index (χ4v) is 3.04. The molecule has 0 amide bonds. The summed E-state index contributed by atoms with van der Waals surface area (Å²) in [6.07, 6.45) is 4.53. The third-order valence-electron chi connectivity index (χ3n) is 4.57. The molecule has 0 saturated heterocycles. The molecule has 0 radical (unpaired) electrons. The zero-order chi connectivity index (χ0) is 19.4. The molecule has 0 aliphatic carbocycles. The monoisotopic (exact) mass is 385 g/mol. The Hall–Kier alpha value is -2.44. The molecule has 1 atom stereocenters. The summed E-state index contributed by atoms with van der Waals surface area (Å²) in [6.45, 7) is 6.74. The van der Waals surface area contributed by atoms with Crippen LogP contribution in [0.2, 0.25) is 5.02 Å². The molecule has 0 saturated carbocycles. The minimum absolute atomic E-state index is 0.298. The Morgan fingerprint density at radius 3 is 2.78 bits per heavy atom. The first-order chi connectivity index (χ1) is 13.0. The standard InChI is InChI=1S/C20H24ClN5O/c1-13(22-4)11-19-23-20(27-25-19)10-9-17-14(2)24-26(15(17)3)12-16-7-5-6-8-18(16)21/h5-10,13,22H,11-12H2,1-4H3/b10-9+. The van der Waals surface area contributed by atoms with Crippen LogP contribution in [0.25, 0.3) is 12.2 Å². The van der Waals surface area contributed by atoms with Gasteiger partial charge >= 0.3 is 0 Å². The van der Waals surface area contributed by atoms with Crippen molar-refractivity contribution >= 4 is 23.8 Å². The molecule has 0 spiro atoms. The summed E-state index contributed by atoms with van der Waals surface area (Å²) in [5, 5.41) is 12.6. The second-order valence-corrected chi connectivity index (χ2v) is 7.02. The summed E-state index contributed by atoms with van der Waals surface area (Å²) in [6, 6.07) is 8.12. The molecule has 1 aromatic carbocycles. The highest BCUT2D eigenvalue weighted by atomic mass is 35.5. The van der Waals surface area contributed by atoms with Crippen LogP contribution in [0.1, 0.15) is 41.2 Å². The van der Waals surface area contributed by atoms with Gasteiger partial charge in [0.15, 0.2) is 5.82 Å². The van der Waals surface area contributed by atoms with Gasteiger partial charge in [-0.2, -0.15) is 10.1 Å². The van der Waals surface area contributed by atoms with Crippen molar-refractivity contribution in [2.24, 2.45) is 0 Å². The highest BCUT2D eigenvalue weighted by Gasteiger charge is 2.12. The average molecular weight is 386 g/mol. The Morgan fingerprint density at radius 2 is 2.04 bits per heavy atom. The quantitative estimate of drug-likeness (QED) is 0.667. The minimum atomic E-state index is 0.298. The lowest BCUT2D eigenvalue weighted by Crippen LogP contribution is -2.24. The number of hydrogen-bond acceptors (Lipinski definition) is 5. The SMILES string of the molecule is CNC(C)Cc1noc(/C=C/c2c(C)nn(Cc3ccccc3Cl)c2C)n1. The number of nitrogens with one attached hydrogen (secondary N) is 1. The zero-order valence-corrected chi connectivity index (χ0v) is 16.8. The van der Waals surface area contributed by atoms with Gasteiger partial charge in [-0.25, -0.2) is 0 Å². The predicted octanol–water partition coefficient (Wildman–Crippen LogP) is 3.91. The molecule has 0 aliphatic rings. The number of aromatic nitrogens is 4. The molecular weight excluding hydrogens is 362 g/mol. The molecule has 0 aliphatic heterocycles. The summed E-state index contributed by atoms with van der Waals surface area (Å²) in [5.74, 6) is 1.19. The molecule has 6 nitrogen and oxygen atoms in total. The van der Waals surface area contributed by atoms with Gasteiger partial charge in [-0.3, -0.25) is 4.68 Å². The van der Waals surface area contributed by atoms with Crippen LogP contribution >= 0.6 is 11.6 Å². The van der Waals surface area contributed by atoms with Crippen LogP contribution < -0.4 is 5.32 Å². The van der Waals surface area contributed by atoms with Gasteiger partial charge < -0.3 is 9.84 Å². The van der Waals surface area contributed by atoms with Gasteiger partial charge in [0.1, 0.15) is 0 Å². The molecule has 3 aromatic rings. The first kappa shape index (κ1) is 19.3.